The second kappa shape index (κ2) is 4.99. The topological polar surface area (TPSA) is 37.4 Å². The van der Waals surface area contributed by atoms with Crippen molar-refractivity contribution in [2.45, 2.75) is 24.5 Å². The van der Waals surface area contributed by atoms with E-state index in [1.54, 1.807) is 15.8 Å². The molecule has 0 radical (unpaired) electrons. The Bertz CT molecular complexity index is 487. The summed E-state index contributed by atoms with van der Waals surface area (Å²) in [5.41, 5.74) is 0. The van der Waals surface area contributed by atoms with Crippen LogP contribution in [0.15, 0.2) is 20.1 Å². The van der Waals surface area contributed by atoms with Gasteiger partial charge in [-0.25, -0.2) is 8.42 Å². The molecule has 0 aromatic carbocycles. The summed E-state index contributed by atoms with van der Waals surface area (Å²) in [7, 11) is -3.31. The Morgan fingerprint density at radius 2 is 1.94 bits per heavy atom. The number of hydrogen-bond acceptors (Lipinski definition) is 3. The van der Waals surface area contributed by atoms with Gasteiger partial charge in [0.1, 0.15) is 4.21 Å². The van der Waals surface area contributed by atoms with E-state index in [0.29, 0.717) is 33.6 Å². The lowest BCUT2D eigenvalue weighted by Crippen LogP contribution is -2.42. The highest BCUT2D eigenvalue weighted by molar-refractivity contribution is 9.10. The summed E-state index contributed by atoms with van der Waals surface area (Å²) < 4.78 is 27.7. The molecule has 1 aromatic heterocycles. The molecule has 1 aliphatic rings. The fourth-order valence-corrected chi connectivity index (χ4v) is 6.51. The maximum Gasteiger partial charge on any atom is 0.253 e. The first kappa shape index (κ1) is 13.5. The standard InChI is InChI=1S/C11H16BrNO2S2/c1-8-5-9(2)7-13(6-8)17(14,15)11-10(12)3-4-16-11/h3-4,8-9H,5-7H2,1-2H3. The molecule has 0 aliphatic carbocycles. The van der Waals surface area contributed by atoms with Crippen LogP contribution in [0.2, 0.25) is 0 Å². The molecule has 3 nitrogen and oxygen atoms in total. The molecular weight excluding hydrogens is 322 g/mol. The Kier molecular flexibility index (Phi) is 3.97. The van der Waals surface area contributed by atoms with E-state index in [1.165, 1.54) is 11.3 Å². The molecule has 2 atom stereocenters. The van der Waals surface area contributed by atoms with Crippen molar-refractivity contribution in [3.05, 3.63) is 15.9 Å². The minimum absolute atomic E-state index is 0.429. The molecule has 6 heteroatoms. The normalized spacial score (nSPS) is 27.2. The summed E-state index contributed by atoms with van der Waals surface area (Å²) in [5.74, 6) is 0.875. The zero-order chi connectivity index (χ0) is 12.6. The van der Waals surface area contributed by atoms with Crippen LogP contribution < -0.4 is 0 Å². The number of nitrogens with zero attached hydrogens (tertiary/aromatic N) is 1. The molecule has 1 saturated heterocycles. The number of rotatable bonds is 2. The van der Waals surface area contributed by atoms with Crippen molar-refractivity contribution in [3.63, 3.8) is 0 Å². The molecule has 0 N–H and O–H groups in total. The van der Waals surface area contributed by atoms with Crippen LogP contribution in [0.4, 0.5) is 0 Å². The first-order chi connectivity index (χ1) is 7.91. The Labute approximate surface area is 115 Å². The third kappa shape index (κ3) is 2.75. The van der Waals surface area contributed by atoms with Gasteiger partial charge >= 0.3 is 0 Å². The molecule has 1 aliphatic heterocycles. The van der Waals surface area contributed by atoms with E-state index in [4.69, 9.17) is 0 Å². The van der Waals surface area contributed by atoms with Crippen LogP contribution in [0, 0.1) is 11.8 Å². The van der Waals surface area contributed by atoms with Gasteiger partial charge in [0, 0.05) is 17.6 Å². The predicted molar refractivity (Wildman–Crippen MR) is 73.7 cm³/mol. The van der Waals surface area contributed by atoms with Crippen molar-refractivity contribution in [1.29, 1.82) is 0 Å². The van der Waals surface area contributed by atoms with Crippen LogP contribution in [0.3, 0.4) is 0 Å². The zero-order valence-electron chi connectivity index (χ0n) is 9.89. The van der Waals surface area contributed by atoms with Crippen molar-refractivity contribution in [1.82, 2.24) is 4.31 Å². The smallest absolute Gasteiger partial charge is 0.206 e. The SMILES string of the molecule is CC1CC(C)CN(S(=O)(=O)c2sccc2Br)C1. The quantitative estimate of drug-likeness (QED) is 0.831. The predicted octanol–water partition coefficient (Wildman–Crippen LogP) is 3.18. The number of piperidine rings is 1. The van der Waals surface area contributed by atoms with Gasteiger partial charge in [0.05, 0.1) is 0 Å². The highest BCUT2D eigenvalue weighted by Gasteiger charge is 2.33. The van der Waals surface area contributed by atoms with Gasteiger partial charge in [0.15, 0.2) is 0 Å². The molecule has 2 unspecified atom stereocenters. The molecule has 17 heavy (non-hydrogen) atoms. The molecule has 1 fully saturated rings. The molecule has 0 spiro atoms. The largest absolute Gasteiger partial charge is 0.253 e. The van der Waals surface area contributed by atoms with Gasteiger partial charge in [-0.2, -0.15) is 4.31 Å². The Hall–Kier alpha value is 0.0900. The van der Waals surface area contributed by atoms with E-state index in [9.17, 15) is 8.42 Å². The van der Waals surface area contributed by atoms with Gasteiger partial charge in [-0.1, -0.05) is 13.8 Å². The summed E-state index contributed by atoms with van der Waals surface area (Å²) in [6.07, 6.45) is 1.11. The monoisotopic (exact) mass is 337 g/mol. The Morgan fingerprint density at radius 3 is 2.41 bits per heavy atom. The van der Waals surface area contributed by atoms with E-state index in [1.807, 2.05) is 0 Å². The first-order valence-electron chi connectivity index (χ1n) is 5.64. The highest BCUT2D eigenvalue weighted by atomic mass is 79.9. The first-order valence-corrected chi connectivity index (χ1v) is 8.75. The maximum atomic E-state index is 12.5. The van der Waals surface area contributed by atoms with Crippen LogP contribution in [0.25, 0.3) is 0 Å². The fraction of sp³-hybridized carbons (Fsp3) is 0.636. The van der Waals surface area contributed by atoms with E-state index >= 15 is 0 Å². The number of sulfonamides is 1. The van der Waals surface area contributed by atoms with Crippen LogP contribution in [0.5, 0.6) is 0 Å². The van der Waals surface area contributed by atoms with Crippen LogP contribution in [-0.2, 0) is 10.0 Å². The summed E-state index contributed by atoms with van der Waals surface area (Å²) in [6.45, 7) is 5.50. The van der Waals surface area contributed by atoms with Gasteiger partial charge in [-0.05, 0) is 45.6 Å². The van der Waals surface area contributed by atoms with Gasteiger partial charge < -0.3 is 0 Å². The Morgan fingerprint density at radius 1 is 1.35 bits per heavy atom. The number of hydrogen-bond donors (Lipinski definition) is 0. The molecule has 96 valence electrons. The van der Waals surface area contributed by atoms with E-state index < -0.39 is 10.0 Å². The second-order valence-corrected chi connectivity index (χ2v) is 8.73. The van der Waals surface area contributed by atoms with Gasteiger partial charge in [0.25, 0.3) is 10.0 Å². The summed E-state index contributed by atoms with van der Waals surface area (Å²) in [5, 5.41) is 1.80. The lowest BCUT2D eigenvalue weighted by atomic mass is 9.94. The lowest BCUT2D eigenvalue weighted by Gasteiger charge is -2.33. The van der Waals surface area contributed by atoms with Crippen molar-refractivity contribution in [2.24, 2.45) is 11.8 Å². The third-order valence-electron chi connectivity index (χ3n) is 2.99. The van der Waals surface area contributed by atoms with Crippen molar-refractivity contribution in [3.8, 4) is 0 Å². The highest BCUT2D eigenvalue weighted by Crippen LogP contribution is 2.33. The van der Waals surface area contributed by atoms with Crippen LogP contribution >= 0.6 is 27.3 Å². The molecule has 0 saturated carbocycles. The van der Waals surface area contributed by atoms with Crippen LogP contribution in [0.1, 0.15) is 20.3 Å². The van der Waals surface area contributed by atoms with Gasteiger partial charge in [0.2, 0.25) is 0 Å². The second-order valence-electron chi connectivity index (χ2n) is 4.82. The van der Waals surface area contributed by atoms with Gasteiger partial charge in [-0.3, -0.25) is 0 Å². The van der Waals surface area contributed by atoms with E-state index in [0.717, 1.165) is 6.42 Å². The average molecular weight is 338 g/mol. The molecule has 2 rings (SSSR count). The zero-order valence-corrected chi connectivity index (χ0v) is 13.1. The average Bonchev–Trinajstić information content (AvgIpc) is 2.63. The molecule has 1 aromatic rings. The van der Waals surface area contributed by atoms with Crippen molar-refractivity contribution < 1.29 is 8.42 Å². The number of halogens is 1. The summed E-state index contributed by atoms with van der Waals surface area (Å²) >= 11 is 4.58. The Balaban J connectivity index is 2.30. The van der Waals surface area contributed by atoms with Gasteiger partial charge in [-0.15, -0.1) is 11.3 Å². The minimum Gasteiger partial charge on any atom is -0.206 e. The molecule has 0 bridgehead atoms. The number of thiophene rings is 1. The molecule has 0 amide bonds. The van der Waals surface area contributed by atoms with E-state index in [2.05, 4.69) is 29.8 Å². The summed E-state index contributed by atoms with van der Waals surface area (Å²) in [4.78, 5) is 0. The molecule has 2 heterocycles. The lowest BCUT2D eigenvalue weighted by molar-refractivity contribution is 0.223. The van der Waals surface area contributed by atoms with Crippen molar-refractivity contribution in [2.75, 3.05) is 13.1 Å². The fourth-order valence-electron chi connectivity index (χ4n) is 2.38. The third-order valence-corrected chi connectivity index (χ3v) is 7.47. The maximum absolute atomic E-state index is 12.5. The summed E-state index contributed by atoms with van der Waals surface area (Å²) in [6, 6.07) is 1.79. The van der Waals surface area contributed by atoms with E-state index in [-0.39, 0.29) is 0 Å². The van der Waals surface area contributed by atoms with Crippen molar-refractivity contribution >= 4 is 37.3 Å². The minimum atomic E-state index is -3.31. The molecular formula is C11H16BrNO2S2. The van der Waals surface area contributed by atoms with Crippen LogP contribution in [-0.4, -0.2) is 25.8 Å².